The Bertz CT molecular complexity index is 201. The van der Waals surface area contributed by atoms with Gasteiger partial charge in [0.2, 0.25) is 0 Å². The highest BCUT2D eigenvalue weighted by molar-refractivity contribution is 7.80. The van der Waals surface area contributed by atoms with Crippen LogP contribution in [0.3, 0.4) is 0 Å². The van der Waals surface area contributed by atoms with Crippen LogP contribution < -0.4 is 0 Å². The van der Waals surface area contributed by atoms with E-state index in [1.54, 1.807) is 0 Å². The molecule has 0 unspecified atom stereocenters. The van der Waals surface area contributed by atoms with E-state index in [-0.39, 0.29) is 0 Å². The summed E-state index contributed by atoms with van der Waals surface area (Å²) in [7, 11) is 0. The highest BCUT2D eigenvalue weighted by atomic mass is 32.1. The van der Waals surface area contributed by atoms with Crippen LogP contribution in [0.15, 0.2) is 24.3 Å². The molecule has 0 fully saturated rings. The van der Waals surface area contributed by atoms with Crippen molar-refractivity contribution < 1.29 is 0 Å². The Morgan fingerprint density at radius 3 is 2.36 bits per heavy atom. The van der Waals surface area contributed by atoms with Gasteiger partial charge >= 0.3 is 0 Å². The summed E-state index contributed by atoms with van der Waals surface area (Å²) < 4.78 is 0. The molecule has 0 heterocycles. The lowest BCUT2D eigenvalue weighted by Gasteiger charge is -1.98. The van der Waals surface area contributed by atoms with E-state index in [2.05, 4.69) is 31.2 Å². The molecule has 0 aliphatic heterocycles. The molecular formula is C10H13S. The molecule has 0 atom stereocenters. The fourth-order valence-electron chi connectivity index (χ4n) is 1.03. The molecule has 0 bridgehead atoms. The maximum absolute atomic E-state index is 4.88. The maximum atomic E-state index is 4.88. The van der Waals surface area contributed by atoms with Gasteiger partial charge in [-0.05, 0) is 25.3 Å². The minimum absolute atomic E-state index is 0.869. The molecule has 0 spiro atoms. The lowest BCUT2D eigenvalue weighted by Crippen LogP contribution is -1.85. The summed E-state index contributed by atoms with van der Waals surface area (Å²) in [6.07, 6.45) is 2.25. The Kier molecular flexibility index (Phi) is 3.50. The number of rotatable bonds is 3. The third-order valence-electron chi connectivity index (χ3n) is 1.73. The Morgan fingerprint density at radius 2 is 1.82 bits per heavy atom. The Hall–Kier alpha value is -0.430. The summed E-state index contributed by atoms with van der Waals surface area (Å²) in [5.74, 6) is 0.869. The van der Waals surface area contributed by atoms with Gasteiger partial charge in [-0.3, -0.25) is 0 Å². The molecule has 1 rings (SSSR count). The van der Waals surface area contributed by atoms with E-state index < -0.39 is 0 Å². The van der Waals surface area contributed by atoms with Gasteiger partial charge in [-0.25, -0.2) is 0 Å². The molecule has 59 valence electrons. The van der Waals surface area contributed by atoms with E-state index in [9.17, 15) is 0 Å². The average Bonchev–Trinajstić information content (AvgIpc) is 2.04. The largest absolute Gasteiger partial charge is 0.0941 e. The van der Waals surface area contributed by atoms with E-state index in [4.69, 9.17) is 12.6 Å². The minimum atomic E-state index is 0.869. The zero-order valence-electron chi connectivity index (χ0n) is 6.84. The van der Waals surface area contributed by atoms with Gasteiger partial charge < -0.3 is 0 Å². The predicted octanol–water partition coefficient (Wildman–Crippen LogP) is 3.13. The van der Waals surface area contributed by atoms with Gasteiger partial charge in [0.1, 0.15) is 0 Å². The fraction of sp³-hybridized carbons (Fsp3) is 0.400. The molecule has 0 nitrogen and oxygen atoms in total. The van der Waals surface area contributed by atoms with Gasteiger partial charge in [-0.1, -0.05) is 42.5 Å². The van der Waals surface area contributed by atoms with Crippen molar-refractivity contribution in [3.05, 3.63) is 35.4 Å². The quantitative estimate of drug-likeness (QED) is 0.645. The summed E-state index contributed by atoms with van der Waals surface area (Å²) in [6, 6.07) is 8.66. The van der Waals surface area contributed by atoms with Crippen molar-refractivity contribution in [3.63, 3.8) is 0 Å². The van der Waals surface area contributed by atoms with Gasteiger partial charge in [-0.15, -0.1) is 0 Å². The maximum Gasteiger partial charge on any atom is 0.00401 e. The summed E-state index contributed by atoms with van der Waals surface area (Å²) in [4.78, 5) is 0. The van der Waals surface area contributed by atoms with Crippen molar-refractivity contribution in [2.45, 2.75) is 19.8 Å². The molecule has 0 saturated heterocycles. The summed E-state index contributed by atoms with van der Waals surface area (Å²) in [6.45, 7) is 2.11. The van der Waals surface area contributed by atoms with E-state index >= 15 is 0 Å². The first-order valence-corrected chi connectivity index (χ1v) is 4.54. The van der Waals surface area contributed by atoms with Gasteiger partial charge in [0, 0.05) is 5.75 Å². The SMILES string of the molecule is Cc1ccc(CCC[S])cc1. The van der Waals surface area contributed by atoms with Crippen molar-refractivity contribution >= 4 is 12.6 Å². The van der Waals surface area contributed by atoms with E-state index in [0.29, 0.717) is 0 Å². The first-order valence-electron chi connectivity index (χ1n) is 3.96. The highest BCUT2D eigenvalue weighted by Gasteiger charge is 1.90. The zero-order chi connectivity index (χ0) is 8.10. The van der Waals surface area contributed by atoms with Crippen molar-refractivity contribution in [3.8, 4) is 0 Å². The molecule has 0 N–H and O–H groups in total. The number of aryl methyl sites for hydroxylation is 2. The topological polar surface area (TPSA) is 0 Å². The fourth-order valence-corrected chi connectivity index (χ4v) is 1.18. The smallest absolute Gasteiger partial charge is 0.00401 e. The Balaban J connectivity index is 2.52. The van der Waals surface area contributed by atoms with Crippen LogP contribution in [0.4, 0.5) is 0 Å². The summed E-state index contributed by atoms with van der Waals surface area (Å²) >= 11 is 4.88. The van der Waals surface area contributed by atoms with Crippen LogP contribution in [0, 0.1) is 6.92 Å². The second kappa shape index (κ2) is 4.45. The normalized spacial score (nSPS) is 10.0. The van der Waals surface area contributed by atoms with Crippen LogP contribution in [0.2, 0.25) is 0 Å². The van der Waals surface area contributed by atoms with Crippen LogP contribution in [0.5, 0.6) is 0 Å². The van der Waals surface area contributed by atoms with Gasteiger partial charge in [0.15, 0.2) is 0 Å². The van der Waals surface area contributed by atoms with Crippen molar-refractivity contribution in [2.75, 3.05) is 5.75 Å². The second-order valence-corrected chi connectivity index (χ2v) is 3.20. The zero-order valence-corrected chi connectivity index (χ0v) is 7.66. The highest BCUT2D eigenvalue weighted by Crippen LogP contribution is 2.05. The molecule has 0 saturated carbocycles. The molecule has 1 aromatic carbocycles. The summed E-state index contributed by atoms with van der Waals surface area (Å²) in [5.41, 5.74) is 2.73. The van der Waals surface area contributed by atoms with Gasteiger partial charge in [0.25, 0.3) is 0 Å². The van der Waals surface area contributed by atoms with Crippen LogP contribution in [-0.2, 0) is 6.42 Å². The molecule has 1 radical (unpaired) electrons. The number of hydrogen-bond donors (Lipinski definition) is 0. The van der Waals surface area contributed by atoms with Crippen molar-refractivity contribution in [2.24, 2.45) is 0 Å². The van der Waals surface area contributed by atoms with Crippen LogP contribution in [-0.4, -0.2) is 5.75 Å². The second-order valence-electron chi connectivity index (χ2n) is 2.79. The first kappa shape index (κ1) is 8.66. The number of hydrogen-bond acceptors (Lipinski definition) is 0. The molecule has 0 aliphatic carbocycles. The van der Waals surface area contributed by atoms with E-state index in [1.165, 1.54) is 11.1 Å². The van der Waals surface area contributed by atoms with Crippen LogP contribution in [0.25, 0.3) is 0 Å². The monoisotopic (exact) mass is 165 g/mol. The van der Waals surface area contributed by atoms with E-state index in [1.807, 2.05) is 0 Å². The minimum Gasteiger partial charge on any atom is -0.0941 e. The average molecular weight is 165 g/mol. The van der Waals surface area contributed by atoms with E-state index in [0.717, 1.165) is 18.6 Å². The molecule has 0 aliphatic rings. The molecule has 11 heavy (non-hydrogen) atoms. The van der Waals surface area contributed by atoms with Crippen molar-refractivity contribution in [1.82, 2.24) is 0 Å². The predicted molar refractivity (Wildman–Crippen MR) is 52.0 cm³/mol. The van der Waals surface area contributed by atoms with Crippen LogP contribution >= 0.6 is 12.6 Å². The molecule has 0 amide bonds. The first-order chi connectivity index (χ1) is 5.33. The number of benzene rings is 1. The summed E-state index contributed by atoms with van der Waals surface area (Å²) in [5, 5.41) is 0. The molecular weight excluding hydrogens is 152 g/mol. The molecule has 1 heteroatoms. The lowest BCUT2D eigenvalue weighted by atomic mass is 10.1. The third kappa shape index (κ3) is 2.98. The molecule has 0 aromatic heterocycles. The van der Waals surface area contributed by atoms with Crippen molar-refractivity contribution in [1.29, 1.82) is 0 Å². The van der Waals surface area contributed by atoms with Gasteiger partial charge in [0.05, 0.1) is 0 Å². The standard InChI is InChI=1S/C10H13S/c1-9-4-6-10(7-5-9)3-2-8-11/h4-7H,2-3,8H2,1H3. The molecule has 1 aromatic rings. The Morgan fingerprint density at radius 1 is 1.18 bits per heavy atom. The lowest BCUT2D eigenvalue weighted by molar-refractivity contribution is 0.935. The third-order valence-corrected chi connectivity index (χ3v) is 2.02. The van der Waals surface area contributed by atoms with Gasteiger partial charge in [-0.2, -0.15) is 0 Å². The van der Waals surface area contributed by atoms with Crippen LogP contribution in [0.1, 0.15) is 17.5 Å². The Labute approximate surface area is 74.0 Å².